The van der Waals surface area contributed by atoms with Crippen LogP contribution in [-0.4, -0.2) is 23.1 Å². The number of ether oxygens (including phenoxy) is 1. The molecule has 0 amide bonds. The average Bonchev–Trinajstić information content (AvgIpc) is 2.16. The molecule has 0 aromatic rings. The van der Waals surface area contributed by atoms with Gasteiger partial charge in [-0.3, -0.25) is 0 Å². The van der Waals surface area contributed by atoms with Gasteiger partial charge in [0.1, 0.15) is 6.10 Å². The van der Waals surface area contributed by atoms with Crippen LogP contribution in [0.25, 0.3) is 0 Å². The van der Waals surface area contributed by atoms with Crippen LogP contribution in [0.15, 0.2) is 12.2 Å². The zero-order valence-corrected chi connectivity index (χ0v) is 7.94. The molecule has 1 aliphatic carbocycles. The lowest BCUT2D eigenvalue weighted by Crippen LogP contribution is -2.19. The molecule has 78 valence electrons. The van der Waals surface area contributed by atoms with Gasteiger partial charge in [-0.15, -0.1) is 0 Å². The van der Waals surface area contributed by atoms with Gasteiger partial charge in [-0.2, -0.15) is 0 Å². The molecule has 0 radical (unpaired) electrons. The van der Waals surface area contributed by atoms with Gasteiger partial charge in [-0.05, 0) is 25.7 Å². The van der Waals surface area contributed by atoms with E-state index in [2.05, 4.69) is 0 Å². The summed E-state index contributed by atoms with van der Waals surface area (Å²) >= 11 is 0. The molecule has 1 saturated carbocycles. The SMILES string of the molecule is O=C(O)C=CC(=O)OC1CCCCC1. The zero-order valence-electron chi connectivity index (χ0n) is 7.94. The lowest BCUT2D eigenvalue weighted by molar-refractivity contribution is -0.144. The zero-order chi connectivity index (χ0) is 10.4. The maximum atomic E-state index is 11.0. The fourth-order valence-electron chi connectivity index (χ4n) is 1.53. The van der Waals surface area contributed by atoms with E-state index >= 15 is 0 Å². The van der Waals surface area contributed by atoms with Crippen molar-refractivity contribution in [1.82, 2.24) is 0 Å². The molecule has 0 spiro atoms. The van der Waals surface area contributed by atoms with Gasteiger partial charge in [0.25, 0.3) is 0 Å². The normalized spacial score (nSPS) is 18.3. The summed E-state index contributed by atoms with van der Waals surface area (Å²) in [5, 5.41) is 8.27. The number of rotatable bonds is 3. The number of hydrogen-bond acceptors (Lipinski definition) is 3. The summed E-state index contributed by atoms with van der Waals surface area (Å²) in [7, 11) is 0. The van der Waals surface area contributed by atoms with E-state index in [9.17, 15) is 9.59 Å². The van der Waals surface area contributed by atoms with Crippen LogP contribution in [0.4, 0.5) is 0 Å². The largest absolute Gasteiger partial charge is 0.478 e. The summed E-state index contributed by atoms with van der Waals surface area (Å²) in [6.07, 6.45) is 6.89. The second-order valence-corrected chi connectivity index (χ2v) is 3.37. The van der Waals surface area contributed by atoms with Gasteiger partial charge in [-0.1, -0.05) is 6.42 Å². The van der Waals surface area contributed by atoms with Gasteiger partial charge in [0.2, 0.25) is 0 Å². The van der Waals surface area contributed by atoms with E-state index in [1.54, 1.807) is 0 Å². The van der Waals surface area contributed by atoms with Crippen LogP contribution in [0.5, 0.6) is 0 Å². The first-order valence-electron chi connectivity index (χ1n) is 4.80. The molecule has 4 heteroatoms. The van der Waals surface area contributed by atoms with Gasteiger partial charge in [0, 0.05) is 12.2 Å². The first kappa shape index (κ1) is 10.8. The first-order valence-corrected chi connectivity index (χ1v) is 4.80. The number of carbonyl (C=O) groups is 2. The summed E-state index contributed by atoms with van der Waals surface area (Å²) < 4.78 is 5.05. The minimum Gasteiger partial charge on any atom is -0.478 e. The Morgan fingerprint density at radius 1 is 1.14 bits per heavy atom. The maximum absolute atomic E-state index is 11.0. The molecule has 0 atom stereocenters. The van der Waals surface area contributed by atoms with Gasteiger partial charge in [-0.25, -0.2) is 9.59 Å². The molecule has 0 aromatic carbocycles. The molecule has 0 aromatic heterocycles. The molecule has 0 heterocycles. The highest BCUT2D eigenvalue weighted by Crippen LogP contribution is 2.20. The molecule has 0 bridgehead atoms. The van der Waals surface area contributed by atoms with Crippen LogP contribution < -0.4 is 0 Å². The third-order valence-electron chi connectivity index (χ3n) is 2.20. The van der Waals surface area contributed by atoms with Crippen LogP contribution in [0.3, 0.4) is 0 Å². The van der Waals surface area contributed by atoms with Gasteiger partial charge < -0.3 is 9.84 Å². The molecule has 0 unspecified atom stereocenters. The van der Waals surface area contributed by atoms with E-state index in [-0.39, 0.29) is 6.10 Å². The van der Waals surface area contributed by atoms with E-state index in [1.165, 1.54) is 6.42 Å². The number of carboxylic acids is 1. The Hall–Kier alpha value is -1.32. The van der Waals surface area contributed by atoms with E-state index in [4.69, 9.17) is 9.84 Å². The summed E-state index contributed by atoms with van der Waals surface area (Å²) in [6.45, 7) is 0. The number of hydrogen-bond donors (Lipinski definition) is 1. The number of carbonyl (C=O) groups excluding carboxylic acids is 1. The standard InChI is InChI=1S/C10H14O4/c11-9(12)6-7-10(13)14-8-4-2-1-3-5-8/h6-8H,1-5H2,(H,11,12). The lowest BCUT2D eigenvalue weighted by atomic mass is 9.98. The van der Waals surface area contributed by atoms with Gasteiger partial charge >= 0.3 is 11.9 Å². The minimum atomic E-state index is -1.13. The topological polar surface area (TPSA) is 63.6 Å². The molecule has 1 N–H and O–H groups in total. The Morgan fingerprint density at radius 3 is 2.36 bits per heavy atom. The van der Waals surface area contributed by atoms with Gasteiger partial charge in [0.05, 0.1) is 0 Å². The lowest BCUT2D eigenvalue weighted by Gasteiger charge is -2.20. The van der Waals surface area contributed by atoms with Crippen molar-refractivity contribution in [3.8, 4) is 0 Å². The van der Waals surface area contributed by atoms with Crippen molar-refractivity contribution >= 4 is 11.9 Å². The summed E-state index contributed by atoms with van der Waals surface area (Å²) in [4.78, 5) is 21.1. The smallest absolute Gasteiger partial charge is 0.331 e. The highest BCUT2D eigenvalue weighted by atomic mass is 16.5. The Labute approximate surface area is 82.6 Å². The molecular formula is C10H14O4. The number of carboxylic acid groups (broad SMARTS) is 1. The van der Waals surface area contributed by atoms with Crippen LogP contribution in [0, 0.1) is 0 Å². The Bertz CT molecular complexity index is 239. The fourth-order valence-corrected chi connectivity index (χ4v) is 1.53. The number of esters is 1. The predicted molar refractivity (Wildman–Crippen MR) is 49.7 cm³/mol. The molecule has 14 heavy (non-hydrogen) atoms. The number of aliphatic carboxylic acids is 1. The molecule has 1 rings (SSSR count). The maximum Gasteiger partial charge on any atom is 0.331 e. The molecular weight excluding hydrogens is 184 g/mol. The molecule has 1 fully saturated rings. The average molecular weight is 198 g/mol. The van der Waals surface area contributed by atoms with Crippen molar-refractivity contribution in [1.29, 1.82) is 0 Å². The van der Waals surface area contributed by atoms with Gasteiger partial charge in [0.15, 0.2) is 0 Å². The van der Waals surface area contributed by atoms with Crippen LogP contribution in [0.1, 0.15) is 32.1 Å². The summed E-state index contributed by atoms with van der Waals surface area (Å²) in [5.74, 6) is -1.69. The first-order chi connectivity index (χ1) is 6.68. The van der Waals surface area contributed by atoms with Crippen molar-refractivity contribution in [3.05, 3.63) is 12.2 Å². The van der Waals surface area contributed by atoms with Crippen molar-refractivity contribution in [2.75, 3.05) is 0 Å². The predicted octanol–water partition coefficient (Wildman–Crippen LogP) is 1.50. The third kappa shape index (κ3) is 4.07. The van der Waals surface area contributed by atoms with Crippen molar-refractivity contribution in [2.24, 2.45) is 0 Å². The van der Waals surface area contributed by atoms with E-state index in [0.29, 0.717) is 0 Å². The quantitative estimate of drug-likeness (QED) is 0.551. The van der Waals surface area contributed by atoms with Crippen LogP contribution in [0.2, 0.25) is 0 Å². The summed E-state index contributed by atoms with van der Waals surface area (Å²) in [6, 6.07) is 0. The molecule has 4 nitrogen and oxygen atoms in total. The van der Waals surface area contributed by atoms with Crippen molar-refractivity contribution in [3.63, 3.8) is 0 Å². The van der Waals surface area contributed by atoms with Crippen LogP contribution in [-0.2, 0) is 14.3 Å². The monoisotopic (exact) mass is 198 g/mol. The highest BCUT2D eigenvalue weighted by molar-refractivity contribution is 5.90. The van der Waals surface area contributed by atoms with Crippen molar-refractivity contribution in [2.45, 2.75) is 38.2 Å². The van der Waals surface area contributed by atoms with E-state index in [0.717, 1.165) is 37.8 Å². The highest BCUT2D eigenvalue weighted by Gasteiger charge is 2.16. The van der Waals surface area contributed by atoms with Crippen molar-refractivity contribution < 1.29 is 19.4 Å². The van der Waals surface area contributed by atoms with E-state index < -0.39 is 11.9 Å². The van der Waals surface area contributed by atoms with Crippen LogP contribution >= 0.6 is 0 Å². The molecule has 1 aliphatic rings. The van der Waals surface area contributed by atoms with E-state index in [1.807, 2.05) is 0 Å². The molecule has 0 aliphatic heterocycles. The second-order valence-electron chi connectivity index (χ2n) is 3.37. The summed E-state index contributed by atoms with van der Waals surface area (Å²) in [5.41, 5.74) is 0. The Morgan fingerprint density at radius 2 is 1.79 bits per heavy atom. The third-order valence-corrected chi connectivity index (χ3v) is 2.20. The Balaban J connectivity index is 2.28. The minimum absolute atomic E-state index is 0.0188. The second kappa shape index (κ2) is 5.42. The molecule has 0 saturated heterocycles. The fraction of sp³-hybridized carbons (Fsp3) is 0.600. The Kier molecular flexibility index (Phi) is 4.16.